The summed E-state index contributed by atoms with van der Waals surface area (Å²) >= 11 is 0. The van der Waals surface area contributed by atoms with Gasteiger partial charge in [-0.25, -0.2) is 8.42 Å². The summed E-state index contributed by atoms with van der Waals surface area (Å²) in [5.41, 5.74) is 0.969. The van der Waals surface area contributed by atoms with Crippen LogP contribution in [0.3, 0.4) is 0 Å². The van der Waals surface area contributed by atoms with Crippen molar-refractivity contribution in [3.8, 4) is 5.75 Å². The minimum Gasteiger partial charge on any atom is -0.495 e. The lowest BCUT2D eigenvalue weighted by atomic mass is 10.00. The van der Waals surface area contributed by atoms with Crippen LogP contribution in [0.25, 0.3) is 0 Å². The first-order valence-corrected chi connectivity index (χ1v) is 7.69. The molecule has 0 amide bonds. The lowest BCUT2D eigenvalue weighted by Gasteiger charge is -2.37. The van der Waals surface area contributed by atoms with Gasteiger partial charge in [0.1, 0.15) is 10.6 Å². The molecule has 2 aromatic rings. The van der Waals surface area contributed by atoms with Crippen molar-refractivity contribution in [1.29, 1.82) is 0 Å². The van der Waals surface area contributed by atoms with E-state index < -0.39 is 10.0 Å². The van der Waals surface area contributed by atoms with Gasteiger partial charge in [0.15, 0.2) is 0 Å². The summed E-state index contributed by atoms with van der Waals surface area (Å²) in [7, 11) is -2.02. The van der Waals surface area contributed by atoms with Crippen LogP contribution in [0.1, 0.15) is 11.6 Å². The van der Waals surface area contributed by atoms with E-state index >= 15 is 0 Å². The third-order valence-electron chi connectivity index (χ3n) is 3.50. The zero-order valence-electron chi connectivity index (χ0n) is 11.0. The maximum atomic E-state index is 12.5. The van der Waals surface area contributed by atoms with Gasteiger partial charge in [0, 0.05) is 30.9 Å². The fourth-order valence-electron chi connectivity index (χ4n) is 2.30. The Balaban J connectivity index is 1.81. The molecule has 0 spiro atoms. The largest absolute Gasteiger partial charge is 0.495 e. The van der Waals surface area contributed by atoms with E-state index in [4.69, 9.17) is 4.74 Å². The number of sulfonamides is 1. The number of methoxy groups -OCH3 is 1. The predicted octanol–water partition coefficient (Wildman–Crippen LogP) is 1.21. The second-order valence-electron chi connectivity index (χ2n) is 4.68. The first kappa shape index (κ1) is 13.1. The number of rotatable bonds is 4. The van der Waals surface area contributed by atoms with Gasteiger partial charge in [0.05, 0.1) is 7.11 Å². The summed E-state index contributed by atoms with van der Waals surface area (Å²) in [6, 6.07) is 8.54. The third kappa shape index (κ3) is 2.08. The zero-order chi connectivity index (χ0) is 14.2. The molecule has 0 saturated carbocycles. The summed E-state index contributed by atoms with van der Waals surface area (Å²) in [6.45, 7) is 0.922. The van der Waals surface area contributed by atoms with Crippen molar-refractivity contribution < 1.29 is 13.2 Å². The maximum absolute atomic E-state index is 12.5. The highest BCUT2D eigenvalue weighted by Gasteiger charge is 2.39. The molecule has 106 valence electrons. The van der Waals surface area contributed by atoms with E-state index in [0.717, 1.165) is 5.69 Å². The normalized spacial score (nSPS) is 16.9. The van der Waals surface area contributed by atoms with E-state index in [1.807, 2.05) is 6.07 Å². The number of aromatic nitrogens is 2. The zero-order valence-corrected chi connectivity index (χ0v) is 11.8. The van der Waals surface area contributed by atoms with Crippen LogP contribution < -0.4 is 4.74 Å². The molecule has 1 aromatic heterocycles. The van der Waals surface area contributed by atoms with E-state index in [9.17, 15) is 8.42 Å². The van der Waals surface area contributed by atoms with Gasteiger partial charge >= 0.3 is 0 Å². The van der Waals surface area contributed by atoms with Gasteiger partial charge in [-0.2, -0.15) is 9.40 Å². The number of para-hydroxylation sites is 1. The lowest BCUT2D eigenvalue weighted by molar-refractivity contribution is 0.259. The number of hydrogen-bond acceptors (Lipinski definition) is 4. The maximum Gasteiger partial charge on any atom is 0.246 e. The number of nitrogens with one attached hydrogen (secondary N) is 1. The van der Waals surface area contributed by atoms with Crippen molar-refractivity contribution in [2.45, 2.75) is 10.8 Å². The molecule has 20 heavy (non-hydrogen) atoms. The third-order valence-corrected chi connectivity index (χ3v) is 5.37. The Morgan fingerprint density at radius 3 is 2.70 bits per heavy atom. The van der Waals surface area contributed by atoms with Gasteiger partial charge in [-0.3, -0.25) is 5.10 Å². The van der Waals surface area contributed by atoms with Crippen LogP contribution in [0.4, 0.5) is 0 Å². The van der Waals surface area contributed by atoms with Crippen LogP contribution in [0, 0.1) is 0 Å². The van der Waals surface area contributed by atoms with E-state index in [2.05, 4.69) is 10.2 Å². The Morgan fingerprint density at radius 2 is 2.05 bits per heavy atom. The molecular formula is C13H15N3O3S. The average molecular weight is 293 g/mol. The quantitative estimate of drug-likeness (QED) is 0.919. The topological polar surface area (TPSA) is 75.3 Å². The average Bonchev–Trinajstić information content (AvgIpc) is 2.90. The van der Waals surface area contributed by atoms with Gasteiger partial charge in [-0.15, -0.1) is 0 Å². The van der Waals surface area contributed by atoms with Crippen molar-refractivity contribution in [1.82, 2.24) is 14.5 Å². The highest BCUT2D eigenvalue weighted by molar-refractivity contribution is 7.89. The first-order valence-electron chi connectivity index (χ1n) is 6.25. The molecule has 0 unspecified atom stereocenters. The summed E-state index contributed by atoms with van der Waals surface area (Å²) in [5.74, 6) is 0.555. The summed E-state index contributed by atoms with van der Waals surface area (Å²) in [4.78, 5) is 0.213. The molecule has 7 heteroatoms. The van der Waals surface area contributed by atoms with Crippen LogP contribution in [-0.2, 0) is 10.0 Å². The molecule has 1 aliphatic heterocycles. The minimum absolute atomic E-state index is 0.182. The fourth-order valence-corrected chi connectivity index (χ4v) is 3.98. The Labute approximate surface area is 117 Å². The molecule has 0 atom stereocenters. The Hall–Kier alpha value is -1.86. The van der Waals surface area contributed by atoms with Gasteiger partial charge in [-0.05, 0) is 18.2 Å². The molecule has 1 saturated heterocycles. The SMILES string of the molecule is COc1ccccc1S(=O)(=O)N1CC(c2ccn[nH]2)C1. The van der Waals surface area contributed by atoms with Gasteiger partial charge in [0.25, 0.3) is 0 Å². The molecule has 6 nitrogen and oxygen atoms in total. The number of H-pyrrole nitrogens is 1. The van der Waals surface area contributed by atoms with Gasteiger partial charge < -0.3 is 4.74 Å². The summed E-state index contributed by atoms with van der Waals surface area (Å²) in [6.07, 6.45) is 1.67. The van der Waals surface area contributed by atoms with Crippen molar-refractivity contribution in [3.05, 3.63) is 42.2 Å². The number of ether oxygens (including phenoxy) is 1. The van der Waals surface area contributed by atoms with Crippen LogP contribution >= 0.6 is 0 Å². The number of aromatic amines is 1. The first-order chi connectivity index (χ1) is 9.63. The van der Waals surface area contributed by atoms with Crippen molar-refractivity contribution >= 4 is 10.0 Å². The number of hydrogen-bond donors (Lipinski definition) is 1. The number of benzene rings is 1. The molecule has 0 bridgehead atoms. The standard InChI is InChI=1S/C13H15N3O3S/c1-19-12-4-2-3-5-13(12)20(17,18)16-8-10(9-16)11-6-7-14-15-11/h2-7,10H,8-9H2,1H3,(H,14,15). The molecular weight excluding hydrogens is 278 g/mol. The highest BCUT2D eigenvalue weighted by Crippen LogP contribution is 2.33. The molecule has 0 aliphatic carbocycles. The van der Waals surface area contributed by atoms with Crippen LogP contribution in [0.15, 0.2) is 41.4 Å². The molecule has 1 aliphatic rings. The van der Waals surface area contributed by atoms with Crippen molar-refractivity contribution in [3.63, 3.8) is 0 Å². The molecule has 0 radical (unpaired) electrons. The minimum atomic E-state index is -3.49. The van der Waals surface area contributed by atoms with Gasteiger partial charge in [0.2, 0.25) is 10.0 Å². The fraction of sp³-hybridized carbons (Fsp3) is 0.308. The van der Waals surface area contributed by atoms with Crippen LogP contribution in [0.5, 0.6) is 5.75 Å². The molecule has 1 aromatic carbocycles. The monoisotopic (exact) mass is 293 g/mol. The molecule has 1 N–H and O–H groups in total. The van der Waals surface area contributed by atoms with E-state index in [1.165, 1.54) is 11.4 Å². The highest BCUT2D eigenvalue weighted by atomic mass is 32.2. The van der Waals surface area contributed by atoms with Crippen molar-refractivity contribution in [2.24, 2.45) is 0 Å². The van der Waals surface area contributed by atoms with E-state index in [-0.39, 0.29) is 10.8 Å². The Bertz CT molecular complexity index is 691. The molecule has 2 heterocycles. The van der Waals surface area contributed by atoms with Gasteiger partial charge in [-0.1, -0.05) is 12.1 Å². The molecule has 3 rings (SSSR count). The Kier molecular flexibility index (Phi) is 3.23. The summed E-state index contributed by atoms with van der Waals surface area (Å²) in [5, 5.41) is 6.76. The predicted molar refractivity (Wildman–Crippen MR) is 73.1 cm³/mol. The molecule has 1 fully saturated rings. The Morgan fingerprint density at radius 1 is 1.30 bits per heavy atom. The van der Waals surface area contributed by atoms with E-state index in [0.29, 0.717) is 18.8 Å². The second-order valence-corrected chi connectivity index (χ2v) is 6.59. The van der Waals surface area contributed by atoms with Crippen molar-refractivity contribution in [2.75, 3.05) is 20.2 Å². The van der Waals surface area contributed by atoms with Crippen LogP contribution in [0.2, 0.25) is 0 Å². The smallest absolute Gasteiger partial charge is 0.246 e. The summed E-state index contributed by atoms with van der Waals surface area (Å²) < 4.78 is 31.6. The van der Waals surface area contributed by atoms with E-state index in [1.54, 1.807) is 30.5 Å². The second kappa shape index (κ2) is 4.92. The van der Waals surface area contributed by atoms with Crippen LogP contribution in [-0.4, -0.2) is 43.1 Å². The number of nitrogens with zero attached hydrogens (tertiary/aromatic N) is 2. The lowest BCUT2D eigenvalue weighted by Crippen LogP contribution is -2.48.